The number of nitrogens with one attached hydrogen (secondary N) is 1. The smallest absolute Gasteiger partial charge is 0.206 e. The van der Waals surface area contributed by atoms with Crippen LogP contribution < -0.4 is 11.1 Å². The van der Waals surface area contributed by atoms with Crippen LogP contribution in [0.15, 0.2) is 91.4 Å². The molecule has 3 N–H and O–H groups in total. The molecule has 6 aromatic rings. The second-order valence-electron chi connectivity index (χ2n) is 9.87. The molecule has 8 heteroatoms. The van der Waals surface area contributed by atoms with Gasteiger partial charge in [-0.25, -0.2) is 15.0 Å². The molecule has 4 aromatic heterocycles. The van der Waals surface area contributed by atoms with Crippen molar-refractivity contribution in [3.63, 3.8) is 0 Å². The molecule has 0 saturated heterocycles. The van der Waals surface area contributed by atoms with Gasteiger partial charge in [0.05, 0.1) is 11.2 Å². The van der Waals surface area contributed by atoms with E-state index in [-0.39, 0.29) is 11.6 Å². The van der Waals surface area contributed by atoms with E-state index in [1.807, 2.05) is 41.9 Å². The summed E-state index contributed by atoms with van der Waals surface area (Å²) in [6.45, 7) is 0. The molecule has 1 fully saturated rings. The van der Waals surface area contributed by atoms with Gasteiger partial charge in [0.25, 0.3) is 0 Å². The fraction of sp³-hybridized carbons (Fsp3) is 0.167. The number of nitrogens with zero attached hydrogens (tertiary/aromatic N) is 6. The number of hydrogen-bond acceptors (Lipinski definition) is 7. The zero-order chi connectivity index (χ0) is 25.7. The largest absolute Gasteiger partial charge is 0.328 e. The SMILES string of the molecule is CNC1(c2ccc(-c3nc4ccn5c(-c6ncccn6)nnc5c4cc3-c3ccccc3)cc2)CC(N)C1. The van der Waals surface area contributed by atoms with Crippen molar-refractivity contribution < 1.29 is 0 Å². The molecule has 186 valence electrons. The number of pyridine rings is 2. The number of aromatic nitrogens is 6. The maximum atomic E-state index is 6.13. The van der Waals surface area contributed by atoms with Gasteiger partial charge in [-0.3, -0.25) is 4.40 Å². The van der Waals surface area contributed by atoms with Gasteiger partial charge in [0.15, 0.2) is 11.5 Å². The van der Waals surface area contributed by atoms with Crippen LogP contribution >= 0.6 is 0 Å². The van der Waals surface area contributed by atoms with Gasteiger partial charge in [0, 0.05) is 46.7 Å². The molecule has 38 heavy (non-hydrogen) atoms. The fourth-order valence-electron chi connectivity index (χ4n) is 5.59. The van der Waals surface area contributed by atoms with Crippen LogP contribution in [-0.4, -0.2) is 42.6 Å². The predicted octanol–water partition coefficient (Wildman–Crippen LogP) is 4.60. The van der Waals surface area contributed by atoms with Crippen LogP contribution in [-0.2, 0) is 5.54 Å². The molecular formula is C30H26N8. The maximum absolute atomic E-state index is 6.13. The second kappa shape index (κ2) is 8.79. The van der Waals surface area contributed by atoms with E-state index in [9.17, 15) is 0 Å². The average Bonchev–Trinajstić information content (AvgIpc) is 3.40. The molecule has 0 unspecified atom stereocenters. The minimum Gasteiger partial charge on any atom is -0.328 e. The lowest BCUT2D eigenvalue weighted by atomic mass is 9.68. The van der Waals surface area contributed by atoms with Gasteiger partial charge in [0.1, 0.15) is 0 Å². The van der Waals surface area contributed by atoms with Crippen molar-refractivity contribution in [2.45, 2.75) is 24.4 Å². The summed E-state index contributed by atoms with van der Waals surface area (Å²) in [5, 5.41) is 13.3. The van der Waals surface area contributed by atoms with Gasteiger partial charge >= 0.3 is 0 Å². The van der Waals surface area contributed by atoms with Crippen LogP contribution in [0.5, 0.6) is 0 Å². The minimum absolute atomic E-state index is 0.0452. The van der Waals surface area contributed by atoms with Gasteiger partial charge in [-0.1, -0.05) is 54.6 Å². The van der Waals surface area contributed by atoms with E-state index in [1.54, 1.807) is 18.5 Å². The van der Waals surface area contributed by atoms with E-state index in [4.69, 9.17) is 10.7 Å². The summed E-state index contributed by atoms with van der Waals surface area (Å²) in [4.78, 5) is 13.9. The zero-order valence-electron chi connectivity index (χ0n) is 20.9. The van der Waals surface area contributed by atoms with Crippen LogP contribution in [0, 0.1) is 0 Å². The number of rotatable bonds is 5. The van der Waals surface area contributed by atoms with Gasteiger partial charge < -0.3 is 11.1 Å². The quantitative estimate of drug-likeness (QED) is 0.358. The first-order valence-electron chi connectivity index (χ1n) is 12.7. The summed E-state index contributed by atoms with van der Waals surface area (Å²) in [5.74, 6) is 1.12. The molecule has 0 radical (unpaired) electrons. The number of nitrogens with two attached hydrogens (primary N) is 1. The van der Waals surface area contributed by atoms with Gasteiger partial charge in [0.2, 0.25) is 5.82 Å². The third-order valence-electron chi connectivity index (χ3n) is 7.63. The van der Waals surface area contributed by atoms with Crippen molar-refractivity contribution in [2.75, 3.05) is 7.05 Å². The highest BCUT2D eigenvalue weighted by molar-refractivity contribution is 5.98. The molecule has 1 saturated carbocycles. The molecular weight excluding hydrogens is 472 g/mol. The van der Waals surface area contributed by atoms with E-state index in [2.05, 4.69) is 67.9 Å². The van der Waals surface area contributed by atoms with Crippen LogP contribution in [0.1, 0.15) is 18.4 Å². The molecule has 1 aliphatic carbocycles. The fourth-order valence-corrected chi connectivity index (χ4v) is 5.59. The first-order chi connectivity index (χ1) is 18.6. The highest BCUT2D eigenvalue weighted by Gasteiger charge is 2.42. The topological polar surface area (TPSA) is 107 Å². The molecule has 0 bridgehead atoms. The third-order valence-corrected chi connectivity index (χ3v) is 7.63. The molecule has 4 heterocycles. The summed E-state index contributed by atoms with van der Waals surface area (Å²) in [6.07, 6.45) is 7.22. The van der Waals surface area contributed by atoms with Crippen molar-refractivity contribution in [1.82, 2.24) is 34.9 Å². The molecule has 0 atom stereocenters. The Morgan fingerprint density at radius 3 is 2.37 bits per heavy atom. The molecule has 1 aliphatic rings. The highest BCUT2D eigenvalue weighted by Crippen LogP contribution is 2.41. The Morgan fingerprint density at radius 1 is 0.895 bits per heavy atom. The van der Waals surface area contributed by atoms with Crippen molar-refractivity contribution >= 4 is 16.6 Å². The van der Waals surface area contributed by atoms with E-state index in [1.165, 1.54) is 5.56 Å². The Hall–Kier alpha value is -4.53. The van der Waals surface area contributed by atoms with E-state index < -0.39 is 0 Å². The summed E-state index contributed by atoms with van der Waals surface area (Å²) in [7, 11) is 2.01. The molecule has 0 amide bonds. The van der Waals surface area contributed by atoms with E-state index in [0.29, 0.717) is 17.3 Å². The van der Waals surface area contributed by atoms with Crippen LogP contribution in [0.25, 0.3) is 50.6 Å². The summed E-state index contributed by atoms with van der Waals surface area (Å²) < 4.78 is 1.92. The molecule has 8 nitrogen and oxygen atoms in total. The monoisotopic (exact) mass is 498 g/mol. The first-order valence-corrected chi connectivity index (χ1v) is 12.7. The van der Waals surface area contributed by atoms with E-state index >= 15 is 0 Å². The molecule has 0 aliphatic heterocycles. The normalized spacial score (nSPS) is 19.1. The van der Waals surface area contributed by atoms with Gasteiger partial charge in [-0.15, -0.1) is 10.2 Å². The van der Waals surface area contributed by atoms with Crippen molar-refractivity contribution in [3.8, 4) is 34.0 Å². The lowest BCUT2D eigenvalue weighted by Crippen LogP contribution is -2.56. The molecule has 7 rings (SSSR count). The van der Waals surface area contributed by atoms with Crippen LogP contribution in [0.2, 0.25) is 0 Å². The van der Waals surface area contributed by atoms with Gasteiger partial charge in [-0.2, -0.15) is 0 Å². The van der Waals surface area contributed by atoms with Crippen molar-refractivity contribution in [3.05, 3.63) is 97.0 Å². The van der Waals surface area contributed by atoms with Crippen LogP contribution in [0.3, 0.4) is 0 Å². The zero-order valence-corrected chi connectivity index (χ0v) is 20.9. The van der Waals surface area contributed by atoms with Crippen molar-refractivity contribution in [2.24, 2.45) is 5.73 Å². The average molecular weight is 499 g/mol. The Labute approximate surface area is 219 Å². The standard InChI is InChI=1S/C30H26N8/c1-32-30(17-22(31)18-30)21-10-8-20(9-11-21)26-23(19-6-3-2-4-7-19)16-24-25(35-26)12-15-38-28(24)36-37-29(38)27-33-13-5-14-34-27/h2-16,22,32H,17-18,31H2,1H3. The number of benzene rings is 2. The van der Waals surface area contributed by atoms with E-state index in [0.717, 1.165) is 46.1 Å². The summed E-state index contributed by atoms with van der Waals surface area (Å²) in [5.41, 5.74) is 13.0. The summed E-state index contributed by atoms with van der Waals surface area (Å²) >= 11 is 0. The minimum atomic E-state index is -0.0452. The predicted molar refractivity (Wildman–Crippen MR) is 148 cm³/mol. The Kier molecular flexibility index (Phi) is 5.24. The van der Waals surface area contributed by atoms with Gasteiger partial charge in [-0.05, 0) is 49.2 Å². The Bertz CT molecular complexity index is 1760. The summed E-state index contributed by atoms with van der Waals surface area (Å²) in [6, 6.07) is 25.3. The maximum Gasteiger partial charge on any atom is 0.206 e. The third kappa shape index (κ3) is 3.57. The number of fused-ring (bicyclic) bond motifs is 3. The Balaban J connectivity index is 1.39. The first kappa shape index (κ1) is 22.7. The second-order valence-corrected chi connectivity index (χ2v) is 9.87. The lowest BCUT2D eigenvalue weighted by molar-refractivity contribution is 0.167. The van der Waals surface area contributed by atoms with Crippen molar-refractivity contribution in [1.29, 1.82) is 0 Å². The highest BCUT2D eigenvalue weighted by atomic mass is 15.3. The molecule has 2 aromatic carbocycles. The lowest BCUT2D eigenvalue weighted by Gasteiger charge is -2.46. The number of hydrogen-bond donors (Lipinski definition) is 2. The Morgan fingerprint density at radius 2 is 1.66 bits per heavy atom. The molecule has 0 spiro atoms. The van der Waals surface area contributed by atoms with Crippen LogP contribution in [0.4, 0.5) is 0 Å².